The summed E-state index contributed by atoms with van der Waals surface area (Å²) in [5.74, 6) is -0.267. The molecule has 0 saturated carbocycles. The first-order chi connectivity index (χ1) is 8.65. The Kier molecular flexibility index (Phi) is 4.75. The molecule has 0 atom stereocenters. The monoisotopic (exact) mass is 328 g/mol. The van der Waals surface area contributed by atoms with Gasteiger partial charge in [0.2, 0.25) is 0 Å². The van der Waals surface area contributed by atoms with Crippen molar-refractivity contribution < 1.29 is 9.13 Å². The van der Waals surface area contributed by atoms with Gasteiger partial charge in [0.05, 0.1) is 17.7 Å². The average molecular weight is 330 g/mol. The largest absolute Gasteiger partial charge is 0.372 e. The maximum absolute atomic E-state index is 13.0. The van der Waals surface area contributed by atoms with Gasteiger partial charge in [-0.1, -0.05) is 29.8 Å². The van der Waals surface area contributed by atoms with Gasteiger partial charge in [0.25, 0.3) is 0 Å². The van der Waals surface area contributed by atoms with Gasteiger partial charge in [-0.2, -0.15) is 0 Å². The van der Waals surface area contributed by atoms with Gasteiger partial charge in [0.15, 0.2) is 0 Å². The van der Waals surface area contributed by atoms with Gasteiger partial charge in [0, 0.05) is 5.02 Å². The van der Waals surface area contributed by atoms with Crippen LogP contribution in [0.3, 0.4) is 0 Å². The number of ether oxygens (including phenoxy) is 1. The van der Waals surface area contributed by atoms with Crippen molar-refractivity contribution in [2.45, 2.75) is 13.2 Å². The quantitative estimate of drug-likeness (QED) is 0.770. The van der Waals surface area contributed by atoms with Crippen LogP contribution in [0.2, 0.25) is 5.02 Å². The van der Waals surface area contributed by atoms with Crippen molar-refractivity contribution in [2.75, 3.05) is 0 Å². The molecule has 2 aromatic rings. The summed E-state index contributed by atoms with van der Waals surface area (Å²) in [4.78, 5) is 0. The fourth-order valence-corrected chi connectivity index (χ4v) is 2.05. The van der Waals surface area contributed by atoms with Crippen molar-refractivity contribution in [1.29, 1.82) is 0 Å². The van der Waals surface area contributed by atoms with E-state index in [4.69, 9.17) is 16.3 Å². The molecule has 0 heterocycles. The van der Waals surface area contributed by atoms with Gasteiger partial charge in [-0.05, 0) is 51.3 Å². The summed E-state index contributed by atoms with van der Waals surface area (Å²) in [5.41, 5.74) is 1.98. The minimum Gasteiger partial charge on any atom is -0.372 e. The van der Waals surface area contributed by atoms with E-state index in [0.29, 0.717) is 22.7 Å². The van der Waals surface area contributed by atoms with Crippen LogP contribution in [0.15, 0.2) is 46.9 Å². The van der Waals surface area contributed by atoms with Crippen LogP contribution in [0.1, 0.15) is 11.1 Å². The highest BCUT2D eigenvalue weighted by molar-refractivity contribution is 9.10. The van der Waals surface area contributed by atoms with E-state index < -0.39 is 0 Å². The summed E-state index contributed by atoms with van der Waals surface area (Å²) in [6.45, 7) is 0.952. The van der Waals surface area contributed by atoms with Crippen LogP contribution < -0.4 is 0 Å². The number of benzene rings is 2. The zero-order valence-electron chi connectivity index (χ0n) is 9.50. The lowest BCUT2D eigenvalue weighted by atomic mass is 10.2. The molecule has 0 bridgehead atoms. The van der Waals surface area contributed by atoms with Crippen LogP contribution in [0.5, 0.6) is 0 Å². The lowest BCUT2D eigenvalue weighted by Crippen LogP contribution is -1.94. The Bertz CT molecular complexity index is 528. The Hall–Kier alpha value is -0.900. The molecule has 0 fully saturated rings. The minimum atomic E-state index is -0.267. The van der Waals surface area contributed by atoms with Crippen molar-refractivity contribution in [3.8, 4) is 0 Å². The fraction of sp³-hybridized carbons (Fsp3) is 0.143. The van der Waals surface area contributed by atoms with Crippen LogP contribution >= 0.6 is 27.5 Å². The first kappa shape index (κ1) is 13.5. The molecule has 0 radical (unpaired) electrons. The van der Waals surface area contributed by atoms with Gasteiger partial charge in [-0.15, -0.1) is 0 Å². The molecular formula is C14H11BrClFO. The van der Waals surface area contributed by atoms with Crippen LogP contribution in [0, 0.1) is 5.82 Å². The summed E-state index contributed by atoms with van der Waals surface area (Å²) in [7, 11) is 0. The number of halogens is 3. The Morgan fingerprint density at radius 2 is 1.61 bits per heavy atom. The molecule has 0 aliphatic carbocycles. The smallest absolute Gasteiger partial charge is 0.137 e. The molecule has 1 nitrogen and oxygen atoms in total. The average Bonchev–Trinajstić information content (AvgIpc) is 2.36. The van der Waals surface area contributed by atoms with Crippen LogP contribution in [0.4, 0.5) is 4.39 Å². The van der Waals surface area contributed by atoms with Crippen molar-refractivity contribution in [1.82, 2.24) is 0 Å². The summed E-state index contributed by atoms with van der Waals surface area (Å²) >= 11 is 8.94. The highest BCUT2D eigenvalue weighted by Crippen LogP contribution is 2.18. The van der Waals surface area contributed by atoms with Crippen molar-refractivity contribution in [2.24, 2.45) is 0 Å². The maximum atomic E-state index is 13.0. The van der Waals surface area contributed by atoms with E-state index in [1.54, 1.807) is 12.1 Å². The molecule has 0 spiro atoms. The lowest BCUT2D eigenvalue weighted by molar-refractivity contribution is 0.107. The van der Waals surface area contributed by atoms with E-state index in [2.05, 4.69) is 15.9 Å². The third-order valence-corrected chi connectivity index (χ3v) is 3.29. The minimum absolute atomic E-state index is 0.267. The molecule has 2 rings (SSSR count). The first-order valence-corrected chi connectivity index (χ1v) is 6.58. The fourth-order valence-electron chi connectivity index (χ4n) is 1.50. The van der Waals surface area contributed by atoms with Gasteiger partial charge in [0.1, 0.15) is 5.82 Å². The molecule has 0 aliphatic heterocycles. The highest BCUT2D eigenvalue weighted by Gasteiger charge is 2.01. The van der Waals surface area contributed by atoms with Gasteiger partial charge < -0.3 is 4.74 Å². The normalized spacial score (nSPS) is 10.6. The second-order valence-corrected chi connectivity index (χ2v) is 5.16. The molecule has 18 heavy (non-hydrogen) atoms. The standard InChI is InChI=1S/C14H11BrClFO/c15-13-7-11(3-6-14(13)17)9-18-8-10-1-4-12(16)5-2-10/h1-7H,8-9H2. The maximum Gasteiger partial charge on any atom is 0.137 e. The summed E-state index contributed by atoms with van der Waals surface area (Å²) < 4.78 is 19.0. The molecule has 4 heteroatoms. The van der Waals surface area contributed by atoms with Crippen molar-refractivity contribution in [3.05, 3.63) is 68.9 Å². The first-order valence-electron chi connectivity index (χ1n) is 5.41. The second-order valence-electron chi connectivity index (χ2n) is 3.87. The van der Waals surface area contributed by atoms with Crippen molar-refractivity contribution in [3.63, 3.8) is 0 Å². The zero-order chi connectivity index (χ0) is 13.0. The second kappa shape index (κ2) is 6.32. The van der Waals surface area contributed by atoms with E-state index >= 15 is 0 Å². The molecule has 94 valence electrons. The molecular weight excluding hydrogens is 319 g/mol. The van der Waals surface area contributed by atoms with Gasteiger partial charge in [-0.3, -0.25) is 0 Å². The van der Waals surface area contributed by atoms with E-state index in [1.165, 1.54) is 6.07 Å². The Labute approximate surface area is 119 Å². The number of rotatable bonds is 4. The molecule has 0 amide bonds. The number of hydrogen-bond acceptors (Lipinski definition) is 1. The van der Waals surface area contributed by atoms with Crippen LogP contribution in [-0.4, -0.2) is 0 Å². The molecule has 0 aliphatic rings. The Morgan fingerprint density at radius 1 is 1.00 bits per heavy atom. The topological polar surface area (TPSA) is 9.23 Å². The third kappa shape index (κ3) is 3.80. The summed E-state index contributed by atoms with van der Waals surface area (Å²) in [6.07, 6.45) is 0. The Balaban J connectivity index is 1.88. The molecule has 0 aromatic heterocycles. The molecule has 0 N–H and O–H groups in total. The SMILES string of the molecule is Fc1ccc(COCc2ccc(Cl)cc2)cc1Br. The zero-order valence-corrected chi connectivity index (χ0v) is 11.8. The van der Waals surface area contributed by atoms with E-state index in [9.17, 15) is 4.39 Å². The van der Waals surface area contributed by atoms with Gasteiger partial charge >= 0.3 is 0 Å². The number of hydrogen-bond donors (Lipinski definition) is 0. The predicted molar refractivity (Wildman–Crippen MR) is 74.0 cm³/mol. The highest BCUT2D eigenvalue weighted by atomic mass is 79.9. The lowest BCUT2D eigenvalue weighted by Gasteiger charge is -2.05. The molecule has 0 saturated heterocycles. The summed E-state index contributed by atoms with van der Waals surface area (Å²) in [5, 5.41) is 0.709. The van der Waals surface area contributed by atoms with E-state index in [-0.39, 0.29) is 5.82 Å². The predicted octanol–water partition coefficient (Wildman–Crippen LogP) is 4.96. The van der Waals surface area contributed by atoms with Crippen LogP contribution in [-0.2, 0) is 18.0 Å². The Morgan fingerprint density at radius 3 is 2.28 bits per heavy atom. The summed E-state index contributed by atoms with van der Waals surface area (Å²) in [6, 6.07) is 12.3. The van der Waals surface area contributed by atoms with E-state index in [0.717, 1.165) is 11.1 Å². The molecule has 2 aromatic carbocycles. The third-order valence-electron chi connectivity index (χ3n) is 2.43. The van der Waals surface area contributed by atoms with Crippen LogP contribution in [0.25, 0.3) is 0 Å². The van der Waals surface area contributed by atoms with Crippen molar-refractivity contribution >= 4 is 27.5 Å². The molecule has 0 unspecified atom stereocenters. The van der Waals surface area contributed by atoms with Gasteiger partial charge in [-0.25, -0.2) is 4.39 Å². The van der Waals surface area contributed by atoms with E-state index in [1.807, 2.05) is 24.3 Å².